The number of carbonyl (C=O) groups excluding carboxylic acids is 2. The van der Waals surface area contributed by atoms with Crippen LogP contribution in [0.1, 0.15) is 6.42 Å². The van der Waals surface area contributed by atoms with Gasteiger partial charge in [-0.2, -0.15) is 11.8 Å². The molecule has 0 atom stereocenters. The van der Waals surface area contributed by atoms with Crippen LogP contribution in [0.5, 0.6) is 0 Å². The Morgan fingerprint density at radius 3 is 2.55 bits per heavy atom. The van der Waals surface area contributed by atoms with E-state index < -0.39 is 0 Å². The van der Waals surface area contributed by atoms with Gasteiger partial charge in [-0.3, -0.25) is 14.5 Å². The molecule has 0 aliphatic carbocycles. The number of rotatable bonds is 11. The number of thioether (sulfide) groups is 1. The Labute approximate surface area is 126 Å². The van der Waals surface area contributed by atoms with E-state index in [0.717, 1.165) is 5.75 Å². The SMILES string of the molecule is COCCN(C/C=C/C(=O)CCSC)CC(=O)N(C)C. The molecule has 0 rings (SSSR count). The molecule has 0 saturated heterocycles. The predicted octanol–water partition coefficient (Wildman–Crippen LogP) is 0.901. The lowest BCUT2D eigenvalue weighted by molar-refractivity contribution is -0.129. The molecule has 0 aromatic rings. The molecule has 0 bridgehead atoms. The Morgan fingerprint density at radius 2 is 2.00 bits per heavy atom. The Kier molecular flexibility index (Phi) is 11.4. The van der Waals surface area contributed by atoms with Crippen LogP contribution in [-0.4, -0.2) is 80.9 Å². The largest absolute Gasteiger partial charge is 0.383 e. The molecular weight excluding hydrogens is 276 g/mol. The number of likely N-dealkylation sites (N-methyl/N-ethyl adjacent to an activating group) is 1. The lowest BCUT2D eigenvalue weighted by atomic mass is 10.3. The number of nitrogens with zero attached hydrogens (tertiary/aromatic N) is 2. The lowest BCUT2D eigenvalue weighted by Crippen LogP contribution is -2.38. The van der Waals surface area contributed by atoms with Crippen LogP contribution in [0, 0.1) is 0 Å². The summed E-state index contributed by atoms with van der Waals surface area (Å²) in [6.07, 6.45) is 5.97. The van der Waals surface area contributed by atoms with Crippen LogP contribution in [-0.2, 0) is 14.3 Å². The second kappa shape index (κ2) is 11.9. The van der Waals surface area contributed by atoms with Crippen molar-refractivity contribution in [2.24, 2.45) is 0 Å². The molecule has 0 unspecified atom stereocenters. The van der Waals surface area contributed by atoms with Crippen molar-refractivity contribution in [3.05, 3.63) is 12.2 Å². The highest BCUT2D eigenvalue weighted by molar-refractivity contribution is 7.98. The van der Waals surface area contributed by atoms with Crippen molar-refractivity contribution in [1.29, 1.82) is 0 Å². The highest BCUT2D eigenvalue weighted by Gasteiger charge is 2.10. The second-order valence-corrected chi connectivity index (χ2v) is 5.61. The average molecular weight is 302 g/mol. The molecule has 6 heteroatoms. The van der Waals surface area contributed by atoms with Crippen molar-refractivity contribution in [2.75, 3.05) is 59.5 Å². The molecule has 20 heavy (non-hydrogen) atoms. The molecule has 0 radical (unpaired) electrons. The van der Waals surface area contributed by atoms with Gasteiger partial charge >= 0.3 is 0 Å². The van der Waals surface area contributed by atoms with Crippen LogP contribution in [0.2, 0.25) is 0 Å². The first kappa shape index (κ1) is 19.1. The molecule has 0 spiro atoms. The van der Waals surface area contributed by atoms with E-state index in [4.69, 9.17) is 4.74 Å². The van der Waals surface area contributed by atoms with Crippen molar-refractivity contribution in [1.82, 2.24) is 9.80 Å². The summed E-state index contributed by atoms with van der Waals surface area (Å²) in [5.74, 6) is 1.02. The van der Waals surface area contributed by atoms with E-state index in [1.165, 1.54) is 0 Å². The lowest BCUT2D eigenvalue weighted by Gasteiger charge is -2.21. The summed E-state index contributed by atoms with van der Waals surface area (Å²) in [6.45, 7) is 2.14. The first-order chi connectivity index (χ1) is 9.51. The van der Waals surface area contributed by atoms with E-state index in [1.54, 1.807) is 43.9 Å². The first-order valence-electron chi connectivity index (χ1n) is 6.61. The minimum atomic E-state index is 0.0446. The molecule has 0 N–H and O–H groups in total. The van der Waals surface area contributed by atoms with Gasteiger partial charge in [0, 0.05) is 46.5 Å². The fourth-order valence-corrected chi connectivity index (χ4v) is 1.81. The highest BCUT2D eigenvalue weighted by Crippen LogP contribution is 1.98. The van der Waals surface area contributed by atoms with Crippen molar-refractivity contribution < 1.29 is 14.3 Å². The van der Waals surface area contributed by atoms with Gasteiger partial charge in [-0.15, -0.1) is 0 Å². The van der Waals surface area contributed by atoms with E-state index in [0.29, 0.717) is 32.7 Å². The molecule has 0 heterocycles. The summed E-state index contributed by atoms with van der Waals surface area (Å²) >= 11 is 1.66. The fraction of sp³-hybridized carbons (Fsp3) is 0.714. The van der Waals surface area contributed by atoms with Crippen molar-refractivity contribution in [2.45, 2.75) is 6.42 Å². The number of methoxy groups -OCH3 is 1. The Morgan fingerprint density at radius 1 is 1.30 bits per heavy atom. The van der Waals surface area contributed by atoms with Crippen molar-refractivity contribution in [3.63, 3.8) is 0 Å². The van der Waals surface area contributed by atoms with Gasteiger partial charge in [-0.25, -0.2) is 0 Å². The molecule has 0 fully saturated rings. The monoisotopic (exact) mass is 302 g/mol. The molecule has 116 valence electrons. The van der Waals surface area contributed by atoms with Gasteiger partial charge in [0.1, 0.15) is 0 Å². The number of ketones is 1. The molecule has 5 nitrogen and oxygen atoms in total. The summed E-state index contributed by atoms with van der Waals surface area (Å²) in [4.78, 5) is 26.7. The van der Waals surface area contributed by atoms with E-state index >= 15 is 0 Å². The molecule has 0 saturated carbocycles. The Hall–Kier alpha value is -0.850. The zero-order valence-corrected chi connectivity index (χ0v) is 13.7. The first-order valence-corrected chi connectivity index (χ1v) is 8.00. The molecule has 0 aromatic heterocycles. The second-order valence-electron chi connectivity index (χ2n) is 4.63. The van der Waals surface area contributed by atoms with Gasteiger partial charge in [-0.05, 0) is 12.3 Å². The van der Waals surface area contributed by atoms with Crippen LogP contribution < -0.4 is 0 Å². The van der Waals surface area contributed by atoms with Crippen molar-refractivity contribution >= 4 is 23.5 Å². The zero-order chi connectivity index (χ0) is 15.4. The Balaban J connectivity index is 4.24. The van der Waals surface area contributed by atoms with Gasteiger partial charge in [-0.1, -0.05) is 6.08 Å². The summed E-state index contributed by atoms with van der Waals surface area (Å²) in [5, 5.41) is 0. The number of hydrogen-bond acceptors (Lipinski definition) is 5. The fourth-order valence-electron chi connectivity index (χ4n) is 1.41. The molecule has 0 aromatic carbocycles. The van der Waals surface area contributed by atoms with Crippen LogP contribution in [0.3, 0.4) is 0 Å². The molecular formula is C14H26N2O3S. The van der Waals surface area contributed by atoms with Gasteiger partial charge in [0.15, 0.2) is 5.78 Å². The molecule has 0 aliphatic heterocycles. The average Bonchev–Trinajstić information content (AvgIpc) is 2.41. The van der Waals surface area contributed by atoms with E-state index in [2.05, 4.69) is 0 Å². The predicted molar refractivity (Wildman–Crippen MR) is 84.2 cm³/mol. The minimum absolute atomic E-state index is 0.0446. The summed E-state index contributed by atoms with van der Waals surface area (Å²) < 4.78 is 5.03. The Bertz CT molecular complexity index is 320. The van der Waals surface area contributed by atoms with Gasteiger partial charge in [0.25, 0.3) is 0 Å². The van der Waals surface area contributed by atoms with E-state index in [-0.39, 0.29) is 11.7 Å². The van der Waals surface area contributed by atoms with Crippen LogP contribution in [0.15, 0.2) is 12.2 Å². The van der Waals surface area contributed by atoms with Crippen LogP contribution >= 0.6 is 11.8 Å². The topological polar surface area (TPSA) is 49.9 Å². The number of hydrogen-bond donors (Lipinski definition) is 0. The number of carbonyl (C=O) groups is 2. The summed E-state index contributed by atoms with van der Waals surface area (Å²) in [7, 11) is 5.10. The third kappa shape index (κ3) is 10.00. The maximum absolute atomic E-state index is 11.7. The van der Waals surface area contributed by atoms with Gasteiger partial charge < -0.3 is 9.64 Å². The normalized spacial score (nSPS) is 11.2. The van der Waals surface area contributed by atoms with Crippen LogP contribution in [0.4, 0.5) is 0 Å². The quantitative estimate of drug-likeness (QED) is 0.531. The van der Waals surface area contributed by atoms with Gasteiger partial charge in [0.2, 0.25) is 5.91 Å². The van der Waals surface area contributed by atoms with Crippen LogP contribution in [0.25, 0.3) is 0 Å². The summed E-state index contributed by atoms with van der Waals surface area (Å²) in [6, 6.07) is 0. The third-order valence-electron chi connectivity index (χ3n) is 2.69. The number of amides is 1. The maximum atomic E-state index is 11.7. The standard InChI is InChI=1S/C14H26N2O3S/c1-15(2)14(18)12-16(9-10-19-3)8-5-6-13(17)7-11-20-4/h5-6H,7-12H2,1-4H3/b6-5+. The van der Waals surface area contributed by atoms with E-state index in [1.807, 2.05) is 17.2 Å². The van der Waals surface area contributed by atoms with Gasteiger partial charge in [0.05, 0.1) is 13.2 Å². The van der Waals surface area contributed by atoms with Crippen molar-refractivity contribution in [3.8, 4) is 0 Å². The minimum Gasteiger partial charge on any atom is -0.383 e. The molecule has 0 aliphatic rings. The summed E-state index contributed by atoms with van der Waals surface area (Å²) in [5.41, 5.74) is 0. The highest BCUT2D eigenvalue weighted by atomic mass is 32.2. The smallest absolute Gasteiger partial charge is 0.236 e. The number of ether oxygens (including phenoxy) is 1. The maximum Gasteiger partial charge on any atom is 0.236 e. The zero-order valence-electron chi connectivity index (χ0n) is 12.9. The van der Waals surface area contributed by atoms with E-state index in [9.17, 15) is 9.59 Å². The third-order valence-corrected chi connectivity index (χ3v) is 3.30. The molecule has 1 amide bonds. The number of allylic oxidation sites excluding steroid dienone is 1.